The van der Waals surface area contributed by atoms with Crippen molar-refractivity contribution >= 4 is 33.2 Å². The number of nitrogens with one attached hydrogen (secondary N) is 1. The Morgan fingerprint density at radius 1 is 1.61 bits per heavy atom. The highest BCUT2D eigenvalue weighted by Gasteiger charge is 2.21. The Bertz CT molecular complexity index is 577. The molecule has 2 aromatic rings. The van der Waals surface area contributed by atoms with Crippen molar-refractivity contribution in [3.8, 4) is 0 Å². The molecule has 0 unspecified atom stereocenters. The van der Waals surface area contributed by atoms with Crippen LogP contribution in [0.15, 0.2) is 28.2 Å². The number of aryl methyl sites for hydroxylation is 1. The molecule has 0 spiro atoms. The fraction of sp³-hybridized carbons (Fsp3) is 0.333. The molecule has 3 rings (SSSR count). The van der Waals surface area contributed by atoms with Crippen molar-refractivity contribution in [3.05, 3.63) is 38.8 Å². The van der Waals surface area contributed by atoms with E-state index in [1.54, 1.807) is 0 Å². The zero-order valence-electron chi connectivity index (χ0n) is 9.60. The molecule has 0 fully saturated rings. The first-order valence-corrected chi connectivity index (χ1v) is 7.45. The van der Waals surface area contributed by atoms with Gasteiger partial charge in [0, 0.05) is 40.8 Å². The Balaban J connectivity index is 1.66. The Morgan fingerprint density at radius 2 is 2.50 bits per heavy atom. The summed E-state index contributed by atoms with van der Waals surface area (Å²) in [5.74, 6) is 0.0173. The molecule has 3 heterocycles. The number of amides is 1. The van der Waals surface area contributed by atoms with Crippen LogP contribution in [0, 0.1) is 0 Å². The van der Waals surface area contributed by atoms with E-state index in [0.29, 0.717) is 0 Å². The lowest BCUT2D eigenvalue weighted by molar-refractivity contribution is 0.0934. The summed E-state index contributed by atoms with van der Waals surface area (Å²) in [4.78, 5) is 12.8. The molecule has 0 saturated carbocycles. The molecule has 6 heteroatoms. The maximum absolute atomic E-state index is 12.0. The first-order chi connectivity index (χ1) is 8.72. The third-order valence-corrected chi connectivity index (χ3v) is 4.77. The summed E-state index contributed by atoms with van der Waals surface area (Å²) in [6.07, 6.45) is 3.61. The maximum Gasteiger partial charge on any atom is 0.261 e. The minimum Gasteiger partial charge on any atom is -0.348 e. The predicted octanol–water partition coefficient (Wildman–Crippen LogP) is 2.45. The van der Waals surface area contributed by atoms with E-state index in [0.717, 1.165) is 28.7 Å². The van der Waals surface area contributed by atoms with Crippen LogP contribution in [0.1, 0.15) is 21.8 Å². The van der Waals surface area contributed by atoms with Crippen molar-refractivity contribution in [3.63, 3.8) is 0 Å². The van der Waals surface area contributed by atoms with E-state index in [-0.39, 0.29) is 11.9 Å². The fourth-order valence-corrected chi connectivity index (χ4v) is 3.51. The molecule has 0 aliphatic carbocycles. The van der Waals surface area contributed by atoms with Crippen molar-refractivity contribution in [2.45, 2.75) is 25.4 Å². The quantitative estimate of drug-likeness (QED) is 0.921. The van der Waals surface area contributed by atoms with Crippen LogP contribution in [0.2, 0.25) is 0 Å². The van der Waals surface area contributed by atoms with E-state index in [9.17, 15) is 4.79 Å². The first kappa shape index (κ1) is 11.9. The lowest BCUT2D eigenvalue weighted by atomic mass is 10.0. The van der Waals surface area contributed by atoms with Gasteiger partial charge in [0.1, 0.15) is 0 Å². The summed E-state index contributed by atoms with van der Waals surface area (Å²) in [6, 6.07) is 4.08. The average molecular weight is 326 g/mol. The summed E-state index contributed by atoms with van der Waals surface area (Å²) < 4.78 is 2.96. The van der Waals surface area contributed by atoms with Crippen LogP contribution in [-0.2, 0) is 13.0 Å². The van der Waals surface area contributed by atoms with Crippen LogP contribution in [-0.4, -0.2) is 21.7 Å². The summed E-state index contributed by atoms with van der Waals surface area (Å²) in [5, 5.41) is 9.24. The molecule has 1 atom stereocenters. The highest BCUT2D eigenvalue weighted by molar-refractivity contribution is 9.10. The minimum absolute atomic E-state index is 0.0173. The van der Waals surface area contributed by atoms with Crippen LogP contribution in [0.5, 0.6) is 0 Å². The number of carbonyl (C=O) groups excluding carboxylic acids is 1. The molecule has 4 nitrogen and oxygen atoms in total. The Hall–Kier alpha value is -1.14. The normalized spacial score (nSPS) is 18.4. The SMILES string of the molecule is O=C(N[C@@H]1CCn2nccc2C1)c1cc(Br)cs1. The molecule has 1 aliphatic rings. The summed E-state index contributed by atoms with van der Waals surface area (Å²) in [5.41, 5.74) is 1.19. The van der Waals surface area contributed by atoms with Gasteiger partial charge in [-0.15, -0.1) is 11.3 Å². The molecule has 0 aromatic carbocycles. The molecule has 18 heavy (non-hydrogen) atoms. The number of fused-ring (bicyclic) bond motifs is 1. The van der Waals surface area contributed by atoms with Gasteiger partial charge in [-0.05, 0) is 34.5 Å². The van der Waals surface area contributed by atoms with E-state index < -0.39 is 0 Å². The number of halogens is 1. The van der Waals surface area contributed by atoms with Crippen LogP contribution in [0.25, 0.3) is 0 Å². The Labute approximate surface area is 117 Å². The van der Waals surface area contributed by atoms with Crippen molar-refractivity contribution < 1.29 is 4.79 Å². The molecule has 0 bridgehead atoms. The topological polar surface area (TPSA) is 46.9 Å². The number of rotatable bonds is 2. The van der Waals surface area contributed by atoms with E-state index >= 15 is 0 Å². The van der Waals surface area contributed by atoms with Crippen LogP contribution < -0.4 is 5.32 Å². The third-order valence-electron chi connectivity index (χ3n) is 3.08. The van der Waals surface area contributed by atoms with Gasteiger partial charge < -0.3 is 5.32 Å². The van der Waals surface area contributed by atoms with Gasteiger partial charge in [-0.25, -0.2) is 0 Å². The number of aromatic nitrogens is 2. The van der Waals surface area contributed by atoms with Gasteiger partial charge in [0.15, 0.2) is 0 Å². The van der Waals surface area contributed by atoms with Crippen molar-refractivity contribution in [2.24, 2.45) is 0 Å². The van der Waals surface area contributed by atoms with Gasteiger partial charge in [0.2, 0.25) is 0 Å². The number of carbonyl (C=O) groups is 1. The van der Waals surface area contributed by atoms with E-state index in [2.05, 4.69) is 26.3 Å². The molecule has 1 aliphatic heterocycles. The molecular weight excluding hydrogens is 314 g/mol. The smallest absolute Gasteiger partial charge is 0.261 e. The molecule has 2 aromatic heterocycles. The van der Waals surface area contributed by atoms with Crippen LogP contribution in [0.3, 0.4) is 0 Å². The monoisotopic (exact) mass is 325 g/mol. The number of nitrogens with zero attached hydrogens (tertiary/aromatic N) is 2. The van der Waals surface area contributed by atoms with E-state index in [4.69, 9.17) is 0 Å². The van der Waals surface area contributed by atoms with Crippen molar-refractivity contribution in [1.82, 2.24) is 15.1 Å². The highest BCUT2D eigenvalue weighted by Crippen LogP contribution is 2.20. The maximum atomic E-state index is 12.0. The third kappa shape index (κ3) is 2.35. The molecule has 1 N–H and O–H groups in total. The van der Waals surface area contributed by atoms with E-state index in [1.165, 1.54) is 17.0 Å². The van der Waals surface area contributed by atoms with Gasteiger partial charge in [0.25, 0.3) is 5.91 Å². The van der Waals surface area contributed by atoms with Gasteiger partial charge >= 0.3 is 0 Å². The average Bonchev–Trinajstić information content (AvgIpc) is 2.96. The Morgan fingerprint density at radius 3 is 3.28 bits per heavy atom. The highest BCUT2D eigenvalue weighted by atomic mass is 79.9. The molecule has 94 valence electrons. The van der Waals surface area contributed by atoms with Gasteiger partial charge in [-0.1, -0.05) is 0 Å². The lowest BCUT2D eigenvalue weighted by Gasteiger charge is -2.24. The number of hydrogen-bond acceptors (Lipinski definition) is 3. The zero-order chi connectivity index (χ0) is 12.5. The second kappa shape index (κ2) is 4.85. The second-order valence-corrected chi connectivity index (χ2v) is 6.16. The minimum atomic E-state index is 0.0173. The zero-order valence-corrected chi connectivity index (χ0v) is 12.0. The van der Waals surface area contributed by atoms with Crippen LogP contribution >= 0.6 is 27.3 Å². The first-order valence-electron chi connectivity index (χ1n) is 5.78. The summed E-state index contributed by atoms with van der Waals surface area (Å²) in [6.45, 7) is 0.876. The summed E-state index contributed by atoms with van der Waals surface area (Å²) >= 11 is 4.82. The molecule has 0 radical (unpaired) electrons. The number of thiophene rings is 1. The van der Waals surface area contributed by atoms with Gasteiger partial charge in [-0.3, -0.25) is 9.48 Å². The largest absolute Gasteiger partial charge is 0.348 e. The standard InChI is InChI=1S/C12H12BrN3OS/c13-8-5-11(18-7-8)12(17)15-9-2-4-16-10(6-9)1-3-14-16/h1,3,5,7,9H,2,4,6H2,(H,15,17)/t9-/m1/s1. The van der Waals surface area contributed by atoms with Crippen molar-refractivity contribution in [2.75, 3.05) is 0 Å². The molecular formula is C12H12BrN3OS. The van der Waals surface area contributed by atoms with E-state index in [1.807, 2.05) is 28.4 Å². The Kier molecular flexibility index (Phi) is 3.22. The lowest BCUT2D eigenvalue weighted by Crippen LogP contribution is -2.39. The summed E-state index contributed by atoms with van der Waals surface area (Å²) in [7, 11) is 0. The van der Waals surface area contributed by atoms with Gasteiger partial charge in [-0.2, -0.15) is 5.10 Å². The molecule has 0 saturated heterocycles. The fourth-order valence-electron chi connectivity index (χ4n) is 2.18. The second-order valence-electron chi connectivity index (χ2n) is 4.34. The predicted molar refractivity (Wildman–Crippen MR) is 73.8 cm³/mol. The van der Waals surface area contributed by atoms with Gasteiger partial charge in [0.05, 0.1) is 4.88 Å². The van der Waals surface area contributed by atoms with Crippen molar-refractivity contribution in [1.29, 1.82) is 0 Å². The number of hydrogen-bond donors (Lipinski definition) is 1. The molecule has 1 amide bonds. The van der Waals surface area contributed by atoms with Crippen LogP contribution in [0.4, 0.5) is 0 Å².